The summed E-state index contributed by atoms with van der Waals surface area (Å²) in [7, 11) is 0. The SMILES string of the molecule is CCOC(=O)[C@@H](N)[C@@H](O)CCCCCCCCCCCC(C)C. The Morgan fingerprint density at radius 3 is 1.78 bits per heavy atom. The summed E-state index contributed by atoms with van der Waals surface area (Å²) in [5.74, 6) is 0.333. The average molecular weight is 330 g/mol. The number of nitrogens with two attached hydrogens (primary N) is 1. The van der Waals surface area contributed by atoms with Crippen LogP contribution in [0.4, 0.5) is 0 Å². The van der Waals surface area contributed by atoms with Crippen LogP contribution in [0.1, 0.15) is 91.4 Å². The van der Waals surface area contributed by atoms with Crippen molar-refractivity contribution in [3.63, 3.8) is 0 Å². The lowest BCUT2D eigenvalue weighted by molar-refractivity contribution is -0.147. The van der Waals surface area contributed by atoms with Gasteiger partial charge in [0.2, 0.25) is 0 Å². The van der Waals surface area contributed by atoms with Crippen LogP contribution in [0, 0.1) is 5.92 Å². The first-order valence-corrected chi connectivity index (χ1v) is 9.59. The monoisotopic (exact) mass is 329 g/mol. The number of carbonyl (C=O) groups excluding carboxylic acids is 1. The highest BCUT2D eigenvalue weighted by atomic mass is 16.5. The van der Waals surface area contributed by atoms with Crippen LogP contribution < -0.4 is 5.73 Å². The molecule has 0 spiro atoms. The van der Waals surface area contributed by atoms with Crippen molar-refractivity contribution in [2.75, 3.05) is 6.61 Å². The van der Waals surface area contributed by atoms with Gasteiger partial charge in [0.05, 0.1) is 12.7 Å². The summed E-state index contributed by atoms with van der Waals surface area (Å²) >= 11 is 0. The van der Waals surface area contributed by atoms with Gasteiger partial charge in [-0.15, -0.1) is 0 Å². The average Bonchev–Trinajstić information content (AvgIpc) is 2.51. The normalized spacial score (nSPS) is 14.0. The van der Waals surface area contributed by atoms with Crippen molar-refractivity contribution >= 4 is 5.97 Å². The van der Waals surface area contributed by atoms with E-state index in [0.29, 0.717) is 13.0 Å². The Hall–Kier alpha value is -0.610. The number of esters is 1. The Labute approximate surface area is 143 Å². The first-order valence-electron chi connectivity index (χ1n) is 9.59. The van der Waals surface area contributed by atoms with Gasteiger partial charge in [-0.05, 0) is 19.3 Å². The lowest BCUT2D eigenvalue weighted by Crippen LogP contribution is -2.43. The van der Waals surface area contributed by atoms with E-state index in [0.717, 1.165) is 18.8 Å². The van der Waals surface area contributed by atoms with Gasteiger partial charge in [-0.2, -0.15) is 0 Å². The summed E-state index contributed by atoms with van der Waals surface area (Å²) in [5.41, 5.74) is 5.66. The second-order valence-electron chi connectivity index (χ2n) is 7.00. The summed E-state index contributed by atoms with van der Waals surface area (Å²) < 4.78 is 4.81. The molecule has 4 nitrogen and oxygen atoms in total. The molecule has 2 atom stereocenters. The predicted octanol–water partition coefficient (Wildman–Crippen LogP) is 4.18. The Morgan fingerprint density at radius 2 is 1.35 bits per heavy atom. The van der Waals surface area contributed by atoms with E-state index >= 15 is 0 Å². The summed E-state index contributed by atoms with van der Waals surface area (Å²) in [6.07, 6.45) is 12.4. The molecule has 0 aromatic heterocycles. The number of aliphatic hydroxyl groups is 1. The Kier molecular flexibility index (Phi) is 14.6. The molecule has 0 radical (unpaired) electrons. The van der Waals surface area contributed by atoms with Gasteiger partial charge < -0.3 is 15.6 Å². The van der Waals surface area contributed by atoms with Gasteiger partial charge in [0.25, 0.3) is 0 Å². The van der Waals surface area contributed by atoms with Crippen molar-refractivity contribution < 1.29 is 14.6 Å². The van der Waals surface area contributed by atoms with Crippen LogP contribution in [0.25, 0.3) is 0 Å². The standard InChI is InChI=1S/C19H39NO3/c1-4-23-19(22)18(20)17(21)15-13-11-9-7-5-6-8-10-12-14-16(2)3/h16-18,21H,4-15,20H2,1-3H3/t17-,18-/m0/s1. The van der Waals surface area contributed by atoms with Crippen LogP contribution in [0.3, 0.4) is 0 Å². The highest BCUT2D eigenvalue weighted by molar-refractivity contribution is 5.76. The lowest BCUT2D eigenvalue weighted by atomic mass is 10.0. The molecule has 0 amide bonds. The molecule has 0 rings (SSSR count). The Balaban J connectivity index is 3.37. The van der Waals surface area contributed by atoms with Crippen LogP contribution in [-0.4, -0.2) is 29.8 Å². The van der Waals surface area contributed by atoms with Gasteiger partial charge in [-0.1, -0.05) is 78.1 Å². The molecule has 0 aliphatic rings. The molecule has 0 aliphatic carbocycles. The molecule has 0 fully saturated rings. The number of ether oxygens (including phenoxy) is 1. The van der Waals surface area contributed by atoms with E-state index in [-0.39, 0.29) is 0 Å². The molecular weight excluding hydrogens is 290 g/mol. The van der Waals surface area contributed by atoms with E-state index in [2.05, 4.69) is 13.8 Å². The second-order valence-corrected chi connectivity index (χ2v) is 7.00. The minimum absolute atomic E-state index is 0.302. The van der Waals surface area contributed by atoms with Crippen LogP contribution in [0.15, 0.2) is 0 Å². The molecule has 23 heavy (non-hydrogen) atoms. The van der Waals surface area contributed by atoms with Crippen molar-refractivity contribution in [3.05, 3.63) is 0 Å². The van der Waals surface area contributed by atoms with Gasteiger partial charge in [0.15, 0.2) is 0 Å². The molecule has 0 heterocycles. The van der Waals surface area contributed by atoms with Gasteiger partial charge in [-0.25, -0.2) is 0 Å². The van der Waals surface area contributed by atoms with Crippen LogP contribution in [0.5, 0.6) is 0 Å². The van der Waals surface area contributed by atoms with Gasteiger partial charge >= 0.3 is 5.97 Å². The summed E-state index contributed by atoms with van der Waals surface area (Å²) in [6.45, 7) is 6.62. The number of unbranched alkanes of at least 4 members (excludes halogenated alkanes) is 8. The third-order valence-corrected chi connectivity index (χ3v) is 4.25. The topological polar surface area (TPSA) is 72.5 Å². The maximum absolute atomic E-state index is 11.4. The van der Waals surface area contributed by atoms with Crippen molar-refractivity contribution in [3.8, 4) is 0 Å². The van der Waals surface area contributed by atoms with E-state index in [1.165, 1.54) is 51.4 Å². The Morgan fingerprint density at radius 1 is 0.913 bits per heavy atom. The van der Waals surface area contributed by atoms with Gasteiger partial charge in [0, 0.05) is 0 Å². The van der Waals surface area contributed by atoms with Crippen LogP contribution >= 0.6 is 0 Å². The fourth-order valence-corrected chi connectivity index (χ4v) is 2.72. The largest absolute Gasteiger partial charge is 0.465 e. The minimum atomic E-state index is -0.902. The maximum Gasteiger partial charge on any atom is 0.325 e. The molecular formula is C19H39NO3. The molecule has 4 heteroatoms. The Bertz CT molecular complexity index is 282. The zero-order valence-electron chi connectivity index (χ0n) is 15.6. The van der Waals surface area contributed by atoms with Gasteiger partial charge in [-0.3, -0.25) is 4.79 Å². The number of rotatable bonds is 15. The zero-order valence-corrected chi connectivity index (χ0v) is 15.6. The van der Waals surface area contributed by atoms with Gasteiger partial charge in [0.1, 0.15) is 6.04 Å². The third kappa shape index (κ3) is 13.5. The highest BCUT2D eigenvalue weighted by Crippen LogP contribution is 2.14. The number of hydrogen-bond acceptors (Lipinski definition) is 4. The van der Waals surface area contributed by atoms with Crippen molar-refractivity contribution in [2.24, 2.45) is 11.7 Å². The van der Waals surface area contributed by atoms with Crippen molar-refractivity contribution in [1.82, 2.24) is 0 Å². The molecule has 0 unspecified atom stereocenters. The molecule has 0 bridgehead atoms. The van der Waals surface area contributed by atoms with Crippen LogP contribution in [0.2, 0.25) is 0 Å². The number of carbonyl (C=O) groups is 1. The fraction of sp³-hybridized carbons (Fsp3) is 0.947. The first kappa shape index (κ1) is 22.4. The minimum Gasteiger partial charge on any atom is -0.465 e. The first-order chi connectivity index (χ1) is 11.0. The quantitative estimate of drug-likeness (QED) is 0.349. The predicted molar refractivity (Wildman–Crippen MR) is 96.2 cm³/mol. The van der Waals surface area contributed by atoms with Crippen LogP contribution in [-0.2, 0) is 9.53 Å². The molecule has 0 aromatic carbocycles. The van der Waals surface area contributed by atoms with Crippen molar-refractivity contribution in [1.29, 1.82) is 0 Å². The number of aliphatic hydroxyl groups excluding tert-OH is 1. The molecule has 138 valence electrons. The zero-order chi connectivity index (χ0) is 17.5. The van der Waals surface area contributed by atoms with E-state index in [4.69, 9.17) is 10.5 Å². The van der Waals surface area contributed by atoms with E-state index in [1.54, 1.807) is 6.92 Å². The van der Waals surface area contributed by atoms with E-state index < -0.39 is 18.1 Å². The summed E-state index contributed by atoms with van der Waals surface area (Å²) in [6, 6.07) is -0.902. The molecule has 0 saturated carbocycles. The molecule has 3 N–H and O–H groups in total. The second kappa shape index (κ2) is 14.9. The molecule has 0 saturated heterocycles. The highest BCUT2D eigenvalue weighted by Gasteiger charge is 2.23. The fourth-order valence-electron chi connectivity index (χ4n) is 2.72. The summed E-state index contributed by atoms with van der Waals surface area (Å²) in [5, 5.41) is 9.85. The molecule has 0 aromatic rings. The van der Waals surface area contributed by atoms with Crippen molar-refractivity contribution in [2.45, 2.75) is 104 Å². The summed E-state index contributed by atoms with van der Waals surface area (Å²) in [4.78, 5) is 11.4. The smallest absolute Gasteiger partial charge is 0.325 e. The lowest BCUT2D eigenvalue weighted by Gasteiger charge is -2.17. The van der Waals surface area contributed by atoms with E-state index in [9.17, 15) is 9.90 Å². The third-order valence-electron chi connectivity index (χ3n) is 4.25. The molecule has 0 aliphatic heterocycles. The maximum atomic E-state index is 11.4. The number of hydrogen-bond donors (Lipinski definition) is 2. The van der Waals surface area contributed by atoms with E-state index in [1.807, 2.05) is 0 Å².